The van der Waals surface area contributed by atoms with E-state index in [1.807, 2.05) is 0 Å². The lowest BCUT2D eigenvalue weighted by molar-refractivity contribution is -0.145. The zero-order valence-corrected chi connectivity index (χ0v) is 8.92. The topological polar surface area (TPSA) is 74.6 Å². The lowest BCUT2D eigenvalue weighted by Gasteiger charge is -2.22. The molecule has 1 atom stereocenters. The molecule has 0 aliphatic carbocycles. The lowest BCUT2D eigenvalue weighted by atomic mass is 9.85. The highest BCUT2D eigenvalue weighted by atomic mass is 32.2. The standard InChI is InChI=1S/C10H12O4S/c1-2-10(9(13)14)5-3-4-7(8(11)12)15-6-10/h2,4H,1,3,5-6H2,(H,11,12)(H,13,14)/t10-/m1/s1. The first-order valence-corrected chi connectivity index (χ1v) is 5.43. The highest BCUT2D eigenvalue weighted by Gasteiger charge is 2.36. The van der Waals surface area contributed by atoms with Crippen molar-refractivity contribution < 1.29 is 19.8 Å². The molecule has 0 aromatic rings. The van der Waals surface area contributed by atoms with Gasteiger partial charge in [0.05, 0.1) is 10.3 Å². The Morgan fingerprint density at radius 1 is 1.53 bits per heavy atom. The number of carbonyl (C=O) groups is 2. The minimum Gasteiger partial charge on any atom is -0.481 e. The lowest BCUT2D eigenvalue weighted by Crippen LogP contribution is -2.30. The third-order valence-electron chi connectivity index (χ3n) is 2.43. The molecule has 1 aliphatic rings. The maximum absolute atomic E-state index is 11.1. The summed E-state index contributed by atoms with van der Waals surface area (Å²) >= 11 is 1.06. The Morgan fingerprint density at radius 3 is 2.67 bits per heavy atom. The van der Waals surface area contributed by atoms with Crippen molar-refractivity contribution in [3.8, 4) is 0 Å². The Kier molecular flexibility index (Phi) is 3.57. The van der Waals surface area contributed by atoms with Crippen molar-refractivity contribution in [1.82, 2.24) is 0 Å². The molecule has 0 saturated carbocycles. The number of hydrogen-bond donors (Lipinski definition) is 2. The smallest absolute Gasteiger partial charge is 0.341 e. The number of carboxylic acid groups (broad SMARTS) is 2. The zero-order valence-electron chi connectivity index (χ0n) is 8.10. The fraction of sp³-hybridized carbons (Fsp3) is 0.400. The van der Waals surface area contributed by atoms with Crippen LogP contribution in [0.15, 0.2) is 23.6 Å². The number of allylic oxidation sites excluding steroid dienone is 1. The molecule has 0 spiro atoms. The molecular weight excluding hydrogens is 216 g/mol. The molecule has 82 valence electrons. The van der Waals surface area contributed by atoms with Crippen molar-refractivity contribution >= 4 is 23.7 Å². The monoisotopic (exact) mass is 228 g/mol. The first kappa shape index (κ1) is 11.8. The Bertz CT molecular complexity index is 334. The maximum atomic E-state index is 11.1. The first-order chi connectivity index (χ1) is 7.02. The second kappa shape index (κ2) is 4.53. The summed E-state index contributed by atoms with van der Waals surface area (Å²) in [5.74, 6) is -1.71. The molecule has 4 nitrogen and oxygen atoms in total. The van der Waals surface area contributed by atoms with Gasteiger partial charge in [0.15, 0.2) is 0 Å². The molecule has 0 radical (unpaired) electrons. The molecule has 1 heterocycles. The predicted octanol–water partition coefficient (Wildman–Crippen LogP) is 1.74. The second-order valence-corrected chi connectivity index (χ2v) is 4.38. The van der Waals surface area contributed by atoms with Gasteiger partial charge < -0.3 is 10.2 Å². The quantitative estimate of drug-likeness (QED) is 0.720. The highest BCUT2D eigenvalue weighted by molar-refractivity contribution is 8.04. The molecule has 1 aliphatic heterocycles. The van der Waals surface area contributed by atoms with Crippen LogP contribution in [0, 0.1) is 5.41 Å². The van der Waals surface area contributed by atoms with Crippen LogP contribution in [0.25, 0.3) is 0 Å². The Labute approximate surface area is 91.7 Å². The molecule has 15 heavy (non-hydrogen) atoms. The Balaban J connectivity index is 2.84. The van der Waals surface area contributed by atoms with Crippen molar-refractivity contribution in [3.63, 3.8) is 0 Å². The minimum atomic E-state index is -1.00. The molecule has 0 fully saturated rings. The average Bonchev–Trinajstić information content (AvgIpc) is 2.40. The van der Waals surface area contributed by atoms with Crippen LogP contribution >= 0.6 is 11.8 Å². The average molecular weight is 228 g/mol. The SMILES string of the molecule is C=C[C@@]1(C(=O)O)CCC=C(C(=O)O)SC1. The van der Waals surface area contributed by atoms with Gasteiger partial charge in [0.25, 0.3) is 0 Å². The molecule has 5 heteroatoms. The van der Waals surface area contributed by atoms with Crippen molar-refractivity contribution in [2.75, 3.05) is 5.75 Å². The first-order valence-electron chi connectivity index (χ1n) is 4.45. The van der Waals surface area contributed by atoms with Gasteiger partial charge in [-0.15, -0.1) is 18.3 Å². The van der Waals surface area contributed by atoms with Gasteiger partial charge in [-0.1, -0.05) is 12.2 Å². The van der Waals surface area contributed by atoms with Gasteiger partial charge in [0.2, 0.25) is 0 Å². The summed E-state index contributed by atoms with van der Waals surface area (Å²) in [5.41, 5.74) is -1.00. The van der Waals surface area contributed by atoms with Gasteiger partial charge in [-0.3, -0.25) is 4.79 Å². The van der Waals surface area contributed by atoms with E-state index < -0.39 is 17.4 Å². The Hall–Kier alpha value is -1.23. The van der Waals surface area contributed by atoms with Gasteiger partial charge in [-0.2, -0.15) is 0 Å². The highest BCUT2D eigenvalue weighted by Crippen LogP contribution is 2.37. The van der Waals surface area contributed by atoms with Crippen LogP contribution < -0.4 is 0 Å². The van der Waals surface area contributed by atoms with Crippen LogP contribution in [0.3, 0.4) is 0 Å². The number of thioether (sulfide) groups is 1. The number of carboxylic acids is 2. The van der Waals surface area contributed by atoms with Gasteiger partial charge in [-0.05, 0) is 12.8 Å². The largest absolute Gasteiger partial charge is 0.481 e. The molecule has 2 N–H and O–H groups in total. The van der Waals surface area contributed by atoms with Crippen molar-refractivity contribution in [2.24, 2.45) is 5.41 Å². The molecule has 1 rings (SSSR count). The van der Waals surface area contributed by atoms with E-state index >= 15 is 0 Å². The van der Waals surface area contributed by atoms with E-state index in [1.54, 1.807) is 6.08 Å². The summed E-state index contributed by atoms with van der Waals surface area (Å²) in [6.45, 7) is 3.52. The number of rotatable bonds is 3. The van der Waals surface area contributed by atoms with E-state index in [2.05, 4.69) is 6.58 Å². The van der Waals surface area contributed by atoms with E-state index in [4.69, 9.17) is 10.2 Å². The van der Waals surface area contributed by atoms with Gasteiger partial charge >= 0.3 is 11.9 Å². The molecule has 0 amide bonds. The van der Waals surface area contributed by atoms with Crippen LogP contribution in [0.5, 0.6) is 0 Å². The summed E-state index contributed by atoms with van der Waals surface area (Å²) in [6.07, 6.45) is 3.82. The van der Waals surface area contributed by atoms with Crippen LogP contribution in [-0.2, 0) is 9.59 Å². The van der Waals surface area contributed by atoms with E-state index in [-0.39, 0.29) is 10.7 Å². The molecule has 0 bridgehead atoms. The van der Waals surface area contributed by atoms with Crippen LogP contribution in [0.2, 0.25) is 0 Å². The second-order valence-electron chi connectivity index (χ2n) is 3.37. The third kappa shape index (κ3) is 2.41. The van der Waals surface area contributed by atoms with Gasteiger partial charge in [-0.25, -0.2) is 4.79 Å². The molecule has 0 aromatic carbocycles. The molecular formula is C10H12O4S. The third-order valence-corrected chi connectivity index (χ3v) is 3.74. The molecule has 0 saturated heterocycles. The fourth-order valence-corrected chi connectivity index (χ4v) is 2.52. The predicted molar refractivity (Wildman–Crippen MR) is 57.7 cm³/mol. The number of hydrogen-bond acceptors (Lipinski definition) is 3. The van der Waals surface area contributed by atoms with E-state index in [9.17, 15) is 9.59 Å². The maximum Gasteiger partial charge on any atom is 0.341 e. The van der Waals surface area contributed by atoms with Crippen LogP contribution in [-0.4, -0.2) is 27.9 Å². The molecule has 0 unspecified atom stereocenters. The minimum absolute atomic E-state index is 0.222. The Morgan fingerprint density at radius 2 is 2.20 bits per heavy atom. The zero-order chi connectivity index (χ0) is 11.5. The fourth-order valence-electron chi connectivity index (χ4n) is 1.36. The van der Waals surface area contributed by atoms with Gasteiger partial charge in [0, 0.05) is 5.75 Å². The van der Waals surface area contributed by atoms with Crippen molar-refractivity contribution in [2.45, 2.75) is 12.8 Å². The van der Waals surface area contributed by atoms with Gasteiger partial charge in [0.1, 0.15) is 0 Å². The molecule has 0 aromatic heterocycles. The van der Waals surface area contributed by atoms with Crippen LogP contribution in [0.4, 0.5) is 0 Å². The van der Waals surface area contributed by atoms with E-state index in [1.165, 1.54) is 6.08 Å². The van der Waals surface area contributed by atoms with Crippen molar-refractivity contribution in [1.29, 1.82) is 0 Å². The number of aliphatic carboxylic acids is 2. The summed E-state index contributed by atoms with van der Waals surface area (Å²) in [6, 6.07) is 0. The summed E-state index contributed by atoms with van der Waals surface area (Å²) in [5, 5.41) is 17.9. The van der Waals surface area contributed by atoms with E-state index in [0.29, 0.717) is 12.8 Å². The summed E-state index contributed by atoms with van der Waals surface area (Å²) < 4.78 is 0. The van der Waals surface area contributed by atoms with E-state index in [0.717, 1.165) is 11.8 Å². The summed E-state index contributed by atoms with van der Waals surface area (Å²) in [7, 11) is 0. The summed E-state index contributed by atoms with van der Waals surface area (Å²) in [4.78, 5) is 22.0. The van der Waals surface area contributed by atoms with Crippen molar-refractivity contribution in [3.05, 3.63) is 23.6 Å². The normalized spacial score (nSPS) is 26.3. The van der Waals surface area contributed by atoms with Crippen LogP contribution in [0.1, 0.15) is 12.8 Å².